The Balaban J connectivity index is 2.90. The quantitative estimate of drug-likeness (QED) is 0.720. The number of aromatic carboxylic acids is 1. The van der Waals surface area contributed by atoms with Gasteiger partial charge in [0.1, 0.15) is 10.7 Å². The molecule has 0 aromatic carbocycles. The van der Waals surface area contributed by atoms with Crippen LogP contribution in [0, 0.1) is 0 Å². The largest absolute Gasteiger partial charge is 0.504 e. The number of nitrogens with zero attached hydrogens (tertiary/aromatic N) is 2. The van der Waals surface area contributed by atoms with E-state index >= 15 is 0 Å². The van der Waals surface area contributed by atoms with Crippen LogP contribution in [0.15, 0.2) is 18.3 Å². The highest BCUT2D eigenvalue weighted by Gasteiger charge is 2.17. The molecule has 0 amide bonds. The van der Waals surface area contributed by atoms with E-state index in [0.29, 0.717) is 5.39 Å². The Kier molecular flexibility index (Phi) is 2.17. The maximum atomic E-state index is 10.7. The van der Waals surface area contributed by atoms with Crippen LogP contribution in [0.2, 0.25) is 5.15 Å². The number of fused-ring (bicyclic) bond motifs is 1. The van der Waals surface area contributed by atoms with E-state index in [1.165, 1.54) is 6.20 Å². The Morgan fingerprint density at radius 3 is 2.87 bits per heavy atom. The number of carboxylic acid groups (broad SMARTS) is 1. The summed E-state index contributed by atoms with van der Waals surface area (Å²) in [6.45, 7) is 0. The topological polar surface area (TPSA) is 83.3 Å². The van der Waals surface area contributed by atoms with Gasteiger partial charge in [-0.1, -0.05) is 11.6 Å². The second-order valence-electron chi connectivity index (χ2n) is 2.80. The molecule has 2 heterocycles. The normalized spacial score (nSPS) is 10.5. The van der Waals surface area contributed by atoms with E-state index in [2.05, 4.69) is 9.97 Å². The molecule has 0 bridgehead atoms. The van der Waals surface area contributed by atoms with E-state index in [9.17, 15) is 9.90 Å². The summed E-state index contributed by atoms with van der Waals surface area (Å²) in [5.41, 5.74) is -0.360. The van der Waals surface area contributed by atoms with Gasteiger partial charge in [-0.25, -0.2) is 9.78 Å². The zero-order valence-electron chi connectivity index (χ0n) is 7.31. The van der Waals surface area contributed by atoms with Gasteiger partial charge in [-0.2, -0.15) is 0 Å². The van der Waals surface area contributed by atoms with Gasteiger partial charge < -0.3 is 10.2 Å². The molecule has 0 radical (unpaired) electrons. The highest BCUT2D eigenvalue weighted by atomic mass is 35.5. The lowest BCUT2D eigenvalue weighted by Crippen LogP contribution is -2.02. The molecule has 0 spiro atoms. The van der Waals surface area contributed by atoms with Crippen molar-refractivity contribution in [3.05, 3.63) is 29.2 Å². The van der Waals surface area contributed by atoms with Crippen molar-refractivity contribution < 1.29 is 15.0 Å². The summed E-state index contributed by atoms with van der Waals surface area (Å²) in [6, 6.07) is 3.22. The SMILES string of the molecule is O=C(O)c1nc(Cl)c2cccnc2c1O. The smallest absolute Gasteiger partial charge is 0.358 e. The Bertz CT molecular complexity index is 556. The molecule has 76 valence electrons. The molecular weight excluding hydrogens is 220 g/mol. The van der Waals surface area contributed by atoms with E-state index in [1.807, 2.05) is 0 Å². The molecule has 2 aromatic rings. The fourth-order valence-electron chi connectivity index (χ4n) is 1.23. The van der Waals surface area contributed by atoms with Crippen LogP contribution in [-0.4, -0.2) is 26.2 Å². The molecular formula is C9H5ClN2O3. The number of hydrogen-bond donors (Lipinski definition) is 2. The Labute approximate surface area is 89.0 Å². The van der Waals surface area contributed by atoms with Gasteiger partial charge >= 0.3 is 5.97 Å². The van der Waals surface area contributed by atoms with Gasteiger partial charge in [0.15, 0.2) is 11.4 Å². The van der Waals surface area contributed by atoms with E-state index in [0.717, 1.165) is 0 Å². The van der Waals surface area contributed by atoms with Crippen molar-refractivity contribution in [2.75, 3.05) is 0 Å². The van der Waals surface area contributed by atoms with Crippen molar-refractivity contribution in [2.24, 2.45) is 0 Å². The standard InChI is InChI=1S/C9H5ClN2O3/c10-8-4-2-1-3-11-5(4)7(13)6(12-8)9(14)15/h1-3,13H,(H,14,15). The van der Waals surface area contributed by atoms with Crippen molar-refractivity contribution >= 4 is 28.5 Å². The van der Waals surface area contributed by atoms with Crippen molar-refractivity contribution in [3.63, 3.8) is 0 Å². The fourth-order valence-corrected chi connectivity index (χ4v) is 1.47. The third kappa shape index (κ3) is 1.46. The third-order valence-corrected chi connectivity index (χ3v) is 2.18. The lowest BCUT2D eigenvalue weighted by atomic mass is 10.2. The highest BCUT2D eigenvalue weighted by molar-refractivity contribution is 6.34. The van der Waals surface area contributed by atoms with Crippen LogP contribution in [0.5, 0.6) is 5.75 Å². The number of pyridine rings is 2. The van der Waals surface area contributed by atoms with Gasteiger partial charge in [0.05, 0.1) is 0 Å². The van der Waals surface area contributed by atoms with Crippen molar-refractivity contribution in [1.82, 2.24) is 9.97 Å². The second kappa shape index (κ2) is 3.36. The van der Waals surface area contributed by atoms with Crippen molar-refractivity contribution in [1.29, 1.82) is 0 Å². The zero-order chi connectivity index (χ0) is 11.0. The highest BCUT2D eigenvalue weighted by Crippen LogP contribution is 2.29. The first-order chi connectivity index (χ1) is 7.11. The molecule has 0 saturated carbocycles. The average Bonchev–Trinajstić information content (AvgIpc) is 2.23. The zero-order valence-corrected chi connectivity index (χ0v) is 8.06. The molecule has 0 unspecified atom stereocenters. The number of aromatic nitrogens is 2. The molecule has 2 N–H and O–H groups in total. The molecule has 15 heavy (non-hydrogen) atoms. The minimum Gasteiger partial charge on any atom is -0.504 e. The van der Waals surface area contributed by atoms with Gasteiger partial charge in [0.25, 0.3) is 0 Å². The summed E-state index contributed by atoms with van der Waals surface area (Å²) in [7, 11) is 0. The third-order valence-electron chi connectivity index (χ3n) is 1.89. The van der Waals surface area contributed by atoms with Crippen LogP contribution in [0.1, 0.15) is 10.5 Å². The Morgan fingerprint density at radius 2 is 2.20 bits per heavy atom. The van der Waals surface area contributed by atoms with Crippen LogP contribution >= 0.6 is 11.6 Å². The van der Waals surface area contributed by atoms with Crippen LogP contribution in [0.3, 0.4) is 0 Å². The summed E-state index contributed by atoms with van der Waals surface area (Å²) in [5, 5.41) is 18.7. The summed E-state index contributed by atoms with van der Waals surface area (Å²) in [5.74, 6) is -1.82. The fraction of sp³-hybridized carbons (Fsp3) is 0. The van der Waals surface area contributed by atoms with Crippen molar-refractivity contribution in [2.45, 2.75) is 0 Å². The first-order valence-corrected chi connectivity index (χ1v) is 4.35. The van der Waals surface area contributed by atoms with Crippen LogP contribution in [0.4, 0.5) is 0 Å². The second-order valence-corrected chi connectivity index (χ2v) is 3.16. The summed E-state index contributed by atoms with van der Waals surface area (Å²) in [6.07, 6.45) is 1.43. The molecule has 0 aliphatic heterocycles. The summed E-state index contributed by atoms with van der Waals surface area (Å²) >= 11 is 5.75. The molecule has 5 nitrogen and oxygen atoms in total. The predicted molar refractivity (Wildman–Crippen MR) is 53.2 cm³/mol. The number of halogens is 1. The Morgan fingerprint density at radius 1 is 1.47 bits per heavy atom. The van der Waals surface area contributed by atoms with Gasteiger partial charge in [-0.15, -0.1) is 0 Å². The minimum atomic E-state index is -1.35. The maximum absolute atomic E-state index is 10.7. The lowest BCUT2D eigenvalue weighted by Gasteiger charge is -2.04. The van der Waals surface area contributed by atoms with Crippen LogP contribution < -0.4 is 0 Å². The molecule has 6 heteroatoms. The molecule has 0 atom stereocenters. The lowest BCUT2D eigenvalue weighted by molar-refractivity contribution is 0.0687. The molecule has 0 aliphatic carbocycles. The molecule has 2 rings (SSSR count). The number of hydrogen-bond acceptors (Lipinski definition) is 4. The van der Waals surface area contributed by atoms with E-state index in [-0.39, 0.29) is 10.7 Å². The van der Waals surface area contributed by atoms with Crippen molar-refractivity contribution in [3.8, 4) is 5.75 Å². The van der Waals surface area contributed by atoms with Crippen LogP contribution in [-0.2, 0) is 0 Å². The maximum Gasteiger partial charge on any atom is 0.358 e. The number of carbonyl (C=O) groups is 1. The van der Waals surface area contributed by atoms with E-state index in [1.54, 1.807) is 12.1 Å². The molecule has 0 saturated heterocycles. The van der Waals surface area contributed by atoms with Crippen LogP contribution in [0.25, 0.3) is 10.9 Å². The van der Waals surface area contributed by atoms with Gasteiger partial charge in [0.2, 0.25) is 0 Å². The predicted octanol–water partition coefficient (Wildman–Crippen LogP) is 1.69. The van der Waals surface area contributed by atoms with Gasteiger partial charge in [-0.05, 0) is 12.1 Å². The number of aromatic hydroxyl groups is 1. The monoisotopic (exact) mass is 224 g/mol. The van der Waals surface area contributed by atoms with Gasteiger partial charge in [0, 0.05) is 11.6 Å². The van der Waals surface area contributed by atoms with E-state index in [4.69, 9.17) is 16.7 Å². The molecule has 2 aromatic heterocycles. The first-order valence-electron chi connectivity index (χ1n) is 3.97. The van der Waals surface area contributed by atoms with Gasteiger partial charge in [-0.3, -0.25) is 4.98 Å². The summed E-state index contributed by atoms with van der Waals surface area (Å²) in [4.78, 5) is 18.1. The number of carboxylic acids is 1. The summed E-state index contributed by atoms with van der Waals surface area (Å²) < 4.78 is 0. The number of rotatable bonds is 1. The minimum absolute atomic E-state index is 0.00769. The molecule has 0 aliphatic rings. The molecule has 0 fully saturated rings. The Hall–Kier alpha value is -1.88. The average molecular weight is 225 g/mol. The first kappa shape index (κ1) is 9.67. The van der Waals surface area contributed by atoms with E-state index < -0.39 is 17.4 Å².